The molecular weight excluding hydrogens is 268 g/mol. The molecule has 0 saturated heterocycles. The second-order valence-corrected chi connectivity index (χ2v) is 6.10. The Labute approximate surface area is 124 Å². The largest absolute Gasteiger partial charge is 0.478 e. The Morgan fingerprint density at radius 3 is 2.43 bits per heavy atom. The Hall–Kier alpha value is -2.04. The Kier molecular flexibility index (Phi) is 4.83. The summed E-state index contributed by atoms with van der Waals surface area (Å²) in [4.78, 5) is 22.9. The van der Waals surface area contributed by atoms with E-state index < -0.39 is 5.97 Å². The van der Waals surface area contributed by atoms with Crippen LogP contribution in [-0.4, -0.2) is 23.1 Å². The average Bonchev–Trinajstić information content (AvgIpc) is 2.37. The molecule has 2 amide bonds. The van der Waals surface area contributed by atoms with E-state index in [1.165, 1.54) is 18.6 Å². The van der Waals surface area contributed by atoms with Gasteiger partial charge in [0.2, 0.25) is 0 Å². The van der Waals surface area contributed by atoms with E-state index in [1.807, 2.05) is 0 Å². The van der Waals surface area contributed by atoms with Gasteiger partial charge in [-0.15, -0.1) is 0 Å². The maximum absolute atomic E-state index is 12.0. The van der Waals surface area contributed by atoms with Crippen molar-refractivity contribution in [3.63, 3.8) is 0 Å². The molecule has 0 heterocycles. The van der Waals surface area contributed by atoms with Crippen molar-refractivity contribution >= 4 is 17.7 Å². The van der Waals surface area contributed by atoms with Crippen molar-refractivity contribution in [2.24, 2.45) is 11.8 Å². The molecule has 2 rings (SSSR count). The highest BCUT2D eigenvalue weighted by Crippen LogP contribution is 2.28. The minimum absolute atomic E-state index is 0.160. The fourth-order valence-electron chi connectivity index (χ4n) is 3.15. The monoisotopic (exact) mass is 290 g/mol. The van der Waals surface area contributed by atoms with Crippen LogP contribution >= 0.6 is 0 Å². The van der Waals surface area contributed by atoms with Gasteiger partial charge in [-0.3, -0.25) is 0 Å². The van der Waals surface area contributed by atoms with E-state index in [1.54, 1.807) is 12.1 Å². The number of urea groups is 1. The van der Waals surface area contributed by atoms with Crippen molar-refractivity contribution < 1.29 is 14.7 Å². The van der Waals surface area contributed by atoms with Gasteiger partial charge >= 0.3 is 12.0 Å². The number of anilines is 1. The first-order chi connectivity index (χ1) is 9.94. The third kappa shape index (κ3) is 4.48. The lowest BCUT2D eigenvalue weighted by atomic mass is 9.80. The lowest BCUT2D eigenvalue weighted by molar-refractivity contribution is 0.0697. The zero-order chi connectivity index (χ0) is 15.4. The molecule has 0 radical (unpaired) electrons. The van der Waals surface area contributed by atoms with Crippen LogP contribution in [0.15, 0.2) is 24.3 Å². The van der Waals surface area contributed by atoms with Gasteiger partial charge in [0, 0.05) is 11.7 Å². The normalized spacial score (nSPS) is 25.1. The zero-order valence-corrected chi connectivity index (χ0v) is 12.4. The van der Waals surface area contributed by atoms with E-state index in [4.69, 9.17) is 5.11 Å². The molecule has 114 valence electrons. The van der Waals surface area contributed by atoms with Crippen molar-refractivity contribution in [3.05, 3.63) is 29.8 Å². The molecule has 1 saturated carbocycles. The van der Waals surface area contributed by atoms with E-state index in [9.17, 15) is 9.59 Å². The lowest BCUT2D eigenvalue weighted by Crippen LogP contribution is -2.42. The second kappa shape index (κ2) is 6.61. The van der Waals surface area contributed by atoms with Crippen molar-refractivity contribution in [1.82, 2.24) is 5.32 Å². The fourth-order valence-corrected chi connectivity index (χ4v) is 3.15. The third-order valence-electron chi connectivity index (χ3n) is 3.88. The van der Waals surface area contributed by atoms with Gasteiger partial charge in [-0.05, 0) is 49.3 Å². The van der Waals surface area contributed by atoms with Gasteiger partial charge in [-0.25, -0.2) is 9.59 Å². The van der Waals surface area contributed by atoms with E-state index in [0.29, 0.717) is 17.5 Å². The van der Waals surface area contributed by atoms with Gasteiger partial charge < -0.3 is 15.7 Å². The first-order valence-corrected chi connectivity index (χ1v) is 7.35. The molecule has 0 bridgehead atoms. The summed E-state index contributed by atoms with van der Waals surface area (Å²) in [5.74, 6) is 0.234. The first kappa shape index (κ1) is 15.4. The molecule has 1 fully saturated rings. The Balaban J connectivity index is 1.92. The summed E-state index contributed by atoms with van der Waals surface area (Å²) in [5, 5.41) is 14.6. The van der Waals surface area contributed by atoms with Crippen molar-refractivity contribution in [1.29, 1.82) is 0 Å². The molecule has 21 heavy (non-hydrogen) atoms. The molecule has 1 aliphatic rings. The van der Waals surface area contributed by atoms with Gasteiger partial charge in [0.05, 0.1) is 5.56 Å². The van der Waals surface area contributed by atoms with Gasteiger partial charge in [-0.1, -0.05) is 19.9 Å². The Morgan fingerprint density at radius 1 is 1.14 bits per heavy atom. The molecule has 0 spiro atoms. The van der Waals surface area contributed by atoms with Crippen LogP contribution < -0.4 is 10.6 Å². The van der Waals surface area contributed by atoms with Crippen LogP contribution in [0.25, 0.3) is 0 Å². The minimum Gasteiger partial charge on any atom is -0.478 e. The summed E-state index contributed by atoms with van der Waals surface area (Å²) < 4.78 is 0. The molecule has 1 aliphatic carbocycles. The topological polar surface area (TPSA) is 78.4 Å². The number of carboxylic acids is 1. The van der Waals surface area contributed by atoms with Gasteiger partial charge in [0.1, 0.15) is 0 Å². The van der Waals surface area contributed by atoms with E-state index in [-0.39, 0.29) is 17.6 Å². The number of rotatable bonds is 3. The maximum atomic E-state index is 12.0. The number of amides is 2. The fraction of sp³-hybridized carbons (Fsp3) is 0.500. The van der Waals surface area contributed by atoms with Crippen LogP contribution in [0, 0.1) is 11.8 Å². The van der Waals surface area contributed by atoms with Crippen molar-refractivity contribution in [2.45, 2.75) is 39.2 Å². The molecule has 5 nitrogen and oxygen atoms in total. The molecule has 0 aromatic heterocycles. The van der Waals surface area contributed by atoms with E-state index in [2.05, 4.69) is 24.5 Å². The summed E-state index contributed by atoms with van der Waals surface area (Å²) in [6.07, 6.45) is 3.19. The van der Waals surface area contributed by atoms with Gasteiger partial charge in [-0.2, -0.15) is 0 Å². The highest BCUT2D eigenvalue weighted by Gasteiger charge is 2.25. The second-order valence-electron chi connectivity index (χ2n) is 6.10. The SMILES string of the molecule is CC1CC(C)CC(NC(=O)Nc2cccc(C(=O)O)c2)C1. The highest BCUT2D eigenvalue weighted by atomic mass is 16.4. The predicted molar refractivity (Wildman–Crippen MR) is 81.5 cm³/mol. The Bertz CT molecular complexity index is 520. The standard InChI is InChI=1S/C16H22N2O3/c1-10-6-11(2)8-14(7-10)18-16(21)17-13-5-3-4-12(9-13)15(19)20/h3-5,9-11,14H,6-8H2,1-2H3,(H,19,20)(H2,17,18,21). The molecule has 3 N–H and O–H groups in total. The summed E-state index contributed by atoms with van der Waals surface area (Å²) >= 11 is 0. The number of hydrogen-bond donors (Lipinski definition) is 3. The summed E-state index contributed by atoms with van der Waals surface area (Å²) in [7, 11) is 0. The smallest absolute Gasteiger partial charge is 0.335 e. The summed E-state index contributed by atoms with van der Waals surface area (Å²) in [5.41, 5.74) is 0.650. The van der Waals surface area contributed by atoms with Crippen molar-refractivity contribution in [3.8, 4) is 0 Å². The number of carbonyl (C=O) groups is 2. The van der Waals surface area contributed by atoms with Crippen molar-refractivity contribution in [2.75, 3.05) is 5.32 Å². The highest BCUT2D eigenvalue weighted by molar-refractivity contribution is 5.93. The molecule has 5 heteroatoms. The minimum atomic E-state index is -1.01. The summed E-state index contributed by atoms with van der Waals surface area (Å²) in [6, 6.07) is 6.15. The van der Waals surface area contributed by atoms with Gasteiger partial charge in [0.15, 0.2) is 0 Å². The predicted octanol–water partition coefficient (Wildman–Crippen LogP) is 3.33. The van der Waals surface area contributed by atoms with E-state index in [0.717, 1.165) is 12.8 Å². The molecule has 0 aliphatic heterocycles. The van der Waals surface area contributed by atoms with Crippen LogP contribution in [0.5, 0.6) is 0 Å². The molecule has 1 aromatic carbocycles. The lowest BCUT2D eigenvalue weighted by Gasteiger charge is -2.31. The average molecular weight is 290 g/mol. The summed E-state index contributed by atoms with van der Waals surface area (Å²) in [6.45, 7) is 4.41. The van der Waals surface area contributed by atoms with Crippen LogP contribution in [0.2, 0.25) is 0 Å². The molecular formula is C16H22N2O3. The number of aromatic carboxylic acids is 1. The van der Waals surface area contributed by atoms with Crippen LogP contribution in [0.4, 0.5) is 10.5 Å². The zero-order valence-electron chi connectivity index (χ0n) is 12.4. The number of benzene rings is 1. The quantitative estimate of drug-likeness (QED) is 0.799. The maximum Gasteiger partial charge on any atom is 0.335 e. The van der Waals surface area contributed by atoms with E-state index >= 15 is 0 Å². The molecule has 2 unspecified atom stereocenters. The van der Waals surface area contributed by atoms with Crippen LogP contribution in [-0.2, 0) is 0 Å². The molecule has 2 atom stereocenters. The number of hydrogen-bond acceptors (Lipinski definition) is 2. The number of carboxylic acid groups (broad SMARTS) is 1. The number of carbonyl (C=O) groups excluding carboxylic acids is 1. The van der Waals surface area contributed by atoms with Crippen LogP contribution in [0.1, 0.15) is 43.5 Å². The molecule has 1 aromatic rings. The van der Waals surface area contributed by atoms with Gasteiger partial charge in [0.25, 0.3) is 0 Å². The Morgan fingerprint density at radius 2 is 1.81 bits per heavy atom. The van der Waals surface area contributed by atoms with Crippen LogP contribution in [0.3, 0.4) is 0 Å². The number of nitrogens with one attached hydrogen (secondary N) is 2. The first-order valence-electron chi connectivity index (χ1n) is 7.35. The third-order valence-corrected chi connectivity index (χ3v) is 3.88.